The molecule has 162 valence electrons. The predicted octanol–water partition coefficient (Wildman–Crippen LogP) is 3.52. The number of rotatable bonds is 10. The summed E-state index contributed by atoms with van der Waals surface area (Å²) >= 11 is 0. The van der Waals surface area contributed by atoms with Crippen LogP contribution in [0.15, 0.2) is 23.6 Å². The van der Waals surface area contributed by atoms with Crippen LogP contribution < -0.4 is 5.32 Å². The molecule has 6 nitrogen and oxygen atoms in total. The molecule has 1 heterocycles. The lowest BCUT2D eigenvalue weighted by Gasteiger charge is -2.34. The van der Waals surface area contributed by atoms with Crippen LogP contribution in [0.2, 0.25) is 0 Å². The van der Waals surface area contributed by atoms with Crippen LogP contribution in [0, 0.1) is 5.92 Å². The van der Waals surface area contributed by atoms with Gasteiger partial charge in [0.15, 0.2) is 6.10 Å². The molecule has 28 heavy (non-hydrogen) atoms. The van der Waals surface area contributed by atoms with Gasteiger partial charge < -0.3 is 14.8 Å². The van der Waals surface area contributed by atoms with Gasteiger partial charge in [-0.2, -0.15) is 21.6 Å². The van der Waals surface area contributed by atoms with Crippen molar-refractivity contribution in [2.75, 3.05) is 19.9 Å². The van der Waals surface area contributed by atoms with E-state index in [0.29, 0.717) is 30.9 Å². The Morgan fingerprint density at radius 1 is 1.32 bits per heavy atom. The van der Waals surface area contributed by atoms with E-state index in [1.807, 2.05) is 6.92 Å². The number of alkyl halides is 4. The third kappa shape index (κ3) is 6.35. The number of halogens is 4. The minimum atomic E-state index is -5.69. The summed E-state index contributed by atoms with van der Waals surface area (Å²) in [5.41, 5.74) is -4.97. The van der Waals surface area contributed by atoms with Crippen molar-refractivity contribution in [2.24, 2.45) is 5.92 Å². The van der Waals surface area contributed by atoms with E-state index in [2.05, 4.69) is 9.50 Å². The van der Waals surface area contributed by atoms with Crippen molar-refractivity contribution >= 4 is 10.1 Å². The molecule has 0 aromatic heterocycles. The average molecular weight is 431 g/mol. The minimum absolute atomic E-state index is 0.00887. The van der Waals surface area contributed by atoms with Crippen molar-refractivity contribution in [2.45, 2.75) is 56.9 Å². The molecule has 2 aliphatic rings. The molecule has 2 unspecified atom stereocenters. The normalized spacial score (nSPS) is 23.9. The molecule has 1 aliphatic carbocycles. The number of piperidine rings is 1. The molecule has 2 rings (SSSR count). The van der Waals surface area contributed by atoms with Crippen molar-refractivity contribution in [3.05, 3.63) is 23.6 Å². The zero-order chi connectivity index (χ0) is 20.8. The van der Waals surface area contributed by atoms with E-state index < -0.39 is 34.6 Å². The van der Waals surface area contributed by atoms with Crippen LogP contribution in [0.4, 0.5) is 17.6 Å². The maximum Gasteiger partial charge on any atom is 0.523 e. The molecular weight excluding hydrogens is 406 g/mol. The first kappa shape index (κ1) is 23.0. The van der Waals surface area contributed by atoms with Crippen molar-refractivity contribution in [1.29, 1.82) is 0 Å². The largest absolute Gasteiger partial charge is 0.523 e. The van der Waals surface area contributed by atoms with Crippen LogP contribution in [-0.2, 0) is 23.8 Å². The molecule has 0 amide bonds. The third-order valence-corrected chi connectivity index (χ3v) is 5.45. The van der Waals surface area contributed by atoms with Gasteiger partial charge in [0, 0.05) is 18.2 Å². The van der Waals surface area contributed by atoms with Gasteiger partial charge in [0.2, 0.25) is 0 Å². The van der Waals surface area contributed by atoms with Crippen LogP contribution in [0.1, 0.15) is 39.0 Å². The van der Waals surface area contributed by atoms with E-state index in [-0.39, 0.29) is 18.9 Å². The summed E-state index contributed by atoms with van der Waals surface area (Å²) in [5, 5.41) is 2.68. The van der Waals surface area contributed by atoms with Crippen LogP contribution in [0.25, 0.3) is 0 Å². The zero-order valence-corrected chi connectivity index (χ0v) is 16.3. The van der Waals surface area contributed by atoms with Gasteiger partial charge in [-0.25, -0.2) is 8.57 Å². The summed E-state index contributed by atoms with van der Waals surface area (Å²) in [7, 11) is -5.69. The maximum absolute atomic E-state index is 13.2. The second-order valence-corrected chi connectivity index (χ2v) is 8.23. The van der Waals surface area contributed by atoms with E-state index >= 15 is 0 Å². The highest BCUT2D eigenvalue weighted by Crippen LogP contribution is 2.34. The predicted molar refractivity (Wildman–Crippen MR) is 93.1 cm³/mol. The first-order valence-corrected chi connectivity index (χ1v) is 10.5. The van der Waals surface area contributed by atoms with E-state index in [1.165, 1.54) is 0 Å². The fourth-order valence-electron chi connectivity index (χ4n) is 2.88. The van der Waals surface area contributed by atoms with Gasteiger partial charge in [0.25, 0.3) is 0 Å². The van der Waals surface area contributed by atoms with Crippen molar-refractivity contribution in [3.8, 4) is 0 Å². The van der Waals surface area contributed by atoms with Gasteiger partial charge in [0.1, 0.15) is 18.7 Å². The van der Waals surface area contributed by atoms with Crippen LogP contribution >= 0.6 is 0 Å². The highest BCUT2D eigenvalue weighted by molar-refractivity contribution is 7.87. The number of allylic oxidation sites excluding steroid dienone is 3. The Bertz CT molecular complexity index is 678. The molecular formula is C17H25F4NO5S. The van der Waals surface area contributed by atoms with Crippen molar-refractivity contribution in [1.82, 2.24) is 5.32 Å². The molecule has 0 aromatic carbocycles. The summed E-state index contributed by atoms with van der Waals surface area (Å²) in [4.78, 5) is 0. The Morgan fingerprint density at radius 3 is 2.71 bits per heavy atom. The second kappa shape index (κ2) is 9.93. The summed E-state index contributed by atoms with van der Waals surface area (Å²) in [6.45, 7) is 1.85. The van der Waals surface area contributed by atoms with Crippen molar-refractivity contribution < 1.29 is 39.6 Å². The Hall–Kier alpha value is -1.33. The van der Waals surface area contributed by atoms with Gasteiger partial charge in [-0.1, -0.05) is 13.3 Å². The number of nitrogens with one attached hydrogen (secondary N) is 1. The Morgan fingerprint density at radius 2 is 2.07 bits per heavy atom. The number of hydrogen-bond acceptors (Lipinski definition) is 6. The summed E-state index contributed by atoms with van der Waals surface area (Å²) in [6.07, 6.45) is 4.13. The maximum atomic E-state index is 13.2. The summed E-state index contributed by atoms with van der Waals surface area (Å²) in [6, 6.07) is 0. The Labute approximate surface area is 162 Å². The fourth-order valence-corrected chi connectivity index (χ4v) is 3.44. The number of ether oxygens (including phenoxy) is 2. The lowest BCUT2D eigenvalue weighted by atomic mass is 9.88. The van der Waals surface area contributed by atoms with Crippen LogP contribution in [-0.4, -0.2) is 46.1 Å². The van der Waals surface area contributed by atoms with Gasteiger partial charge >= 0.3 is 15.6 Å². The highest BCUT2D eigenvalue weighted by Gasteiger charge is 2.49. The molecule has 1 fully saturated rings. The molecule has 0 radical (unpaired) electrons. The third-order valence-electron chi connectivity index (χ3n) is 4.39. The molecule has 0 spiro atoms. The molecule has 1 saturated heterocycles. The average Bonchev–Trinajstić information content (AvgIpc) is 2.62. The van der Waals surface area contributed by atoms with E-state index in [9.17, 15) is 26.0 Å². The molecule has 1 N–H and O–H groups in total. The first-order valence-electron chi connectivity index (χ1n) is 9.14. The lowest BCUT2D eigenvalue weighted by Crippen LogP contribution is -2.43. The van der Waals surface area contributed by atoms with E-state index in [1.54, 1.807) is 12.2 Å². The van der Waals surface area contributed by atoms with Gasteiger partial charge in [-0.15, -0.1) is 0 Å². The fraction of sp³-hybridized carbons (Fsp3) is 0.765. The summed E-state index contributed by atoms with van der Waals surface area (Å²) in [5.74, 6) is 0.352. The molecule has 0 bridgehead atoms. The van der Waals surface area contributed by atoms with Crippen LogP contribution in [0.5, 0.6) is 0 Å². The topological polar surface area (TPSA) is 73.9 Å². The Balaban J connectivity index is 1.94. The van der Waals surface area contributed by atoms with Crippen LogP contribution in [0.3, 0.4) is 0 Å². The molecule has 3 atom stereocenters. The van der Waals surface area contributed by atoms with E-state index in [4.69, 9.17) is 9.47 Å². The van der Waals surface area contributed by atoms with E-state index in [0.717, 1.165) is 12.8 Å². The Kier molecular flexibility index (Phi) is 8.14. The second-order valence-electron chi connectivity index (χ2n) is 6.67. The summed E-state index contributed by atoms with van der Waals surface area (Å²) < 4.78 is 88.1. The zero-order valence-electron chi connectivity index (χ0n) is 15.5. The minimum Gasteiger partial charge on any atom is -0.486 e. The van der Waals surface area contributed by atoms with Crippen molar-refractivity contribution in [3.63, 3.8) is 0 Å². The molecule has 1 aliphatic heterocycles. The van der Waals surface area contributed by atoms with Gasteiger partial charge in [0.05, 0.1) is 6.61 Å². The highest BCUT2D eigenvalue weighted by atomic mass is 32.2. The monoisotopic (exact) mass is 431 g/mol. The standard InChI is InChI=1S/C17H25F4NO5S/c1-2-3-8-25-11-14(10-18)26-13-6-4-12-5-7-16(22-15(12)9-13)27-28(23,24)17(19,20)21/h6,9,12,14,16,22H,2-5,7-8,10-11H2,1H3/t12-,14?,16?/m0/s1. The number of hydrogen-bond donors (Lipinski definition) is 1. The lowest BCUT2D eigenvalue weighted by molar-refractivity contribution is -0.0594. The molecule has 0 saturated carbocycles. The van der Waals surface area contributed by atoms with Gasteiger partial charge in [-0.05, 0) is 37.8 Å². The van der Waals surface area contributed by atoms with Gasteiger partial charge in [-0.3, -0.25) is 0 Å². The molecule has 11 heteroatoms. The first-order chi connectivity index (χ1) is 13.2. The SMILES string of the molecule is CCCCOCC(CF)OC1=CC[C@H]2CCC(OS(=O)(=O)C(F)(F)F)NC2=C1. The number of unbranched alkanes of at least 4 members (excludes halogenated alkanes) is 1. The smallest absolute Gasteiger partial charge is 0.486 e. The number of fused-ring (bicyclic) bond motifs is 1. The quantitative estimate of drug-likeness (QED) is 0.247. The molecule has 0 aromatic rings.